The van der Waals surface area contributed by atoms with Crippen molar-refractivity contribution < 1.29 is 9.13 Å². The van der Waals surface area contributed by atoms with Crippen molar-refractivity contribution in [1.82, 2.24) is 5.43 Å². The quantitative estimate of drug-likeness (QED) is 0.873. The molecule has 2 aromatic rings. The summed E-state index contributed by atoms with van der Waals surface area (Å²) in [5.74, 6) is 1.22. The number of hydrogen-bond acceptors (Lipinski definition) is 4. The van der Waals surface area contributed by atoms with Gasteiger partial charge in [-0.3, -0.25) is 5.43 Å². The molecule has 0 aromatic heterocycles. The summed E-state index contributed by atoms with van der Waals surface area (Å²) in [4.78, 5) is 4.52. The van der Waals surface area contributed by atoms with Gasteiger partial charge in [0.2, 0.25) is 0 Å². The van der Waals surface area contributed by atoms with Crippen molar-refractivity contribution in [3.05, 3.63) is 59.9 Å². The zero-order valence-corrected chi connectivity index (χ0v) is 11.1. The fourth-order valence-corrected chi connectivity index (χ4v) is 2.47. The number of hydrazone groups is 1. The maximum Gasteiger partial charge on any atom is 0.164 e. The van der Waals surface area contributed by atoms with Crippen molar-refractivity contribution in [2.24, 2.45) is 10.1 Å². The van der Waals surface area contributed by atoms with E-state index < -0.39 is 0 Å². The van der Waals surface area contributed by atoms with E-state index in [2.05, 4.69) is 15.5 Å². The highest BCUT2D eigenvalue weighted by Crippen LogP contribution is 2.33. The maximum absolute atomic E-state index is 13.0. The third-order valence-corrected chi connectivity index (χ3v) is 3.54. The molecule has 4 rings (SSSR count). The lowest BCUT2D eigenvalue weighted by Crippen LogP contribution is -2.43. The van der Waals surface area contributed by atoms with Crippen LogP contribution in [0.15, 0.2) is 58.6 Å². The van der Waals surface area contributed by atoms with Gasteiger partial charge >= 0.3 is 0 Å². The summed E-state index contributed by atoms with van der Waals surface area (Å²) in [6.45, 7) is 0. The third kappa shape index (κ3) is 2.16. The summed E-state index contributed by atoms with van der Waals surface area (Å²) >= 11 is 0. The molecule has 0 fully saturated rings. The molecule has 21 heavy (non-hydrogen) atoms. The van der Waals surface area contributed by atoms with Crippen LogP contribution in [0.3, 0.4) is 0 Å². The largest absolute Gasteiger partial charge is 0.480 e. The van der Waals surface area contributed by atoms with Crippen LogP contribution in [0.5, 0.6) is 5.75 Å². The Hall–Kier alpha value is -2.69. The van der Waals surface area contributed by atoms with E-state index in [4.69, 9.17) is 4.74 Å². The van der Waals surface area contributed by atoms with E-state index in [0.717, 1.165) is 22.7 Å². The fourth-order valence-electron chi connectivity index (χ4n) is 2.47. The summed E-state index contributed by atoms with van der Waals surface area (Å²) in [6, 6.07) is 13.9. The molecule has 0 bridgehead atoms. The predicted molar refractivity (Wildman–Crippen MR) is 78.6 cm³/mol. The Morgan fingerprint density at radius 3 is 2.76 bits per heavy atom. The molecule has 5 heteroatoms. The molecule has 2 aromatic carbocycles. The fraction of sp³-hybridized carbons (Fsp3) is 0.125. The molecule has 0 radical (unpaired) electrons. The van der Waals surface area contributed by atoms with Gasteiger partial charge in [-0.25, -0.2) is 9.38 Å². The van der Waals surface area contributed by atoms with Crippen LogP contribution in [0.4, 0.5) is 10.1 Å². The van der Waals surface area contributed by atoms with Crippen molar-refractivity contribution in [3.8, 4) is 5.75 Å². The topological polar surface area (TPSA) is 46.0 Å². The maximum atomic E-state index is 13.0. The summed E-state index contributed by atoms with van der Waals surface area (Å²) in [7, 11) is 0. The first kappa shape index (κ1) is 12.1. The molecule has 1 unspecified atom stereocenters. The Labute approximate surface area is 121 Å². The lowest BCUT2D eigenvalue weighted by Gasteiger charge is -2.29. The summed E-state index contributed by atoms with van der Waals surface area (Å²) < 4.78 is 19.0. The Morgan fingerprint density at radius 1 is 1.10 bits per heavy atom. The van der Waals surface area contributed by atoms with Crippen molar-refractivity contribution >= 4 is 17.2 Å². The molecule has 0 aliphatic carbocycles. The first-order valence-corrected chi connectivity index (χ1v) is 6.72. The van der Waals surface area contributed by atoms with Crippen molar-refractivity contribution in [1.29, 1.82) is 0 Å². The van der Waals surface area contributed by atoms with E-state index >= 15 is 0 Å². The van der Waals surface area contributed by atoms with Gasteiger partial charge < -0.3 is 4.74 Å². The highest BCUT2D eigenvalue weighted by atomic mass is 19.1. The van der Waals surface area contributed by atoms with E-state index in [1.807, 2.05) is 24.3 Å². The number of ether oxygens (including phenoxy) is 1. The third-order valence-electron chi connectivity index (χ3n) is 3.54. The van der Waals surface area contributed by atoms with E-state index in [1.54, 1.807) is 12.1 Å². The minimum atomic E-state index is -0.256. The molecule has 1 N–H and O–H groups in total. The van der Waals surface area contributed by atoms with Crippen LogP contribution in [0.25, 0.3) is 0 Å². The Bertz CT molecular complexity index is 752. The van der Waals surface area contributed by atoms with Gasteiger partial charge in [0.15, 0.2) is 11.9 Å². The van der Waals surface area contributed by atoms with Crippen molar-refractivity contribution in [3.63, 3.8) is 0 Å². The van der Waals surface area contributed by atoms with Crippen LogP contribution in [-0.2, 0) is 0 Å². The molecule has 2 heterocycles. The van der Waals surface area contributed by atoms with Crippen molar-refractivity contribution in [2.75, 3.05) is 0 Å². The highest BCUT2D eigenvalue weighted by molar-refractivity contribution is 6.07. The lowest BCUT2D eigenvalue weighted by atomic mass is 10.0. The average molecular weight is 281 g/mol. The van der Waals surface area contributed by atoms with Gasteiger partial charge in [0, 0.05) is 6.42 Å². The number of hydrogen-bond donors (Lipinski definition) is 1. The first-order valence-electron chi connectivity index (χ1n) is 6.72. The summed E-state index contributed by atoms with van der Waals surface area (Å²) in [6.07, 6.45) is 0.420. The first-order chi connectivity index (χ1) is 10.3. The second-order valence-electron chi connectivity index (χ2n) is 4.95. The Kier molecular flexibility index (Phi) is 2.70. The molecule has 0 spiro atoms. The Balaban J connectivity index is 1.65. The van der Waals surface area contributed by atoms with E-state index in [0.29, 0.717) is 12.3 Å². The SMILES string of the molecule is Fc1ccc(C2=NNC3=Nc4ccccc4OC3C2)cc1. The highest BCUT2D eigenvalue weighted by Gasteiger charge is 2.29. The van der Waals surface area contributed by atoms with E-state index in [1.165, 1.54) is 12.1 Å². The minimum Gasteiger partial charge on any atom is -0.480 e. The van der Waals surface area contributed by atoms with Crippen LogP contribution in [0.1, 0.15) is 12.0 Å². The zero-order valence-electron chi connectivity index (χ0n) is 11.1. The van der Waals surface area contributed by atoms with Gasteiger partial charge in [0.1, 0.15) is 17.3 Å². The van der Waals surface area contributed by atoms with Gasteiger partial charge in [-0.05, 0) is 29.8 Å². The van der Waals surface area contributed by atoms with E-state index in [-0.39, 0.29) is 11.9 Å². The van der Waals surface area contributed by atoms with Gasteiger partial charge in [0.05, 0.1) is 5.71 Å². The standard InChI is InChI=1S/C16H12FN3O/c17-11-7-5-10(6-8-11)13-9-15-16(20-19-13)18-12-3-1-2-4-14(12)21-15/h1-8,15H,9H2,(H,18,20). The van der Waals surface area contributed by atoms with Gasteiger partial charge in [-0.15, -0.1) is 0 Å². The van der Waals surface area contributed by atoms with E-state index in [9.17, 15) is 4.39 Å². The van der Waals surface area contributed by atoms with Gasteiger partial charge in [-0.2, -0.15) is 5.10 Å². The van der Waals surface area contributed by atoms with Gasteiger partial charge in [0.25, 0.3) is 0 Å². The Morgan fingerprint density at radius 2 is 1.90 bits per heavy atom. The molecule has 0 saturated carbocycles. The number of rotatable bonds is 1. The summed E-state index contributed by atoms with van der Waals surface area (Å²) in [5.41, 5.74) is 5.46. The van der Waals surface area contributed by atoms with Crippen LogP contribution in [0, 0.1) is 5.82 Å². The summed E-state index contributed by atoms with van der Waals surface area (Å²) in [5, 5.41) is 4.32. The van der Waals surface area contributed by atoms with Crippen LogP contribution in [0.2, 0.25) is 0 Å². The number of para-hydroxylation sites is 2. The lowest BCUT2D eigenvalue weighted by molar-refractivity contribution is 0.263. The number of nitrogens with one attached hydrogen (secondary N) is 1. The second kappa shape index (κ2) is 4.70. The average Bonchev–Trinajstić information content (AvgIpc) is 2.53. The second-order valence-corrected chi connectivity index (χ2v) is 4.95. The molecule has 4 nitrogen and oxygen atoms in total. The van der Waals surface area contributed by atoms with Gasteiger partial charge in [-0.1, -0.05) is 24.3 Å². The number of fused-ring (bicyclic) bond motifs is 2. The zero-order chi connectivity index (χ0) is 14.2. The molecule has 2 aliphatic heterocycles. The van der Waals surface area contributed by atoms with Crippen molar-refractivity contribution in [2.45, 2.75) is 12.5 Å². The van der Waals surface area contributed by atoms with Crippen LogP contribution < -0.4 is 10.2 Å². The molecule has 2 aliphatic rings. The van der Waals surface area contributed by atoms with Crippen LogP contribution in [-0.4, -0.2) is 17.7 Å². The molecule has 1 atom stereocenters. The molecular formula is C16H12FN3O. The number of benzene rings is 2. The number of nitrogens with zero attached hydrogens (tertiary/aromatic N) is 2. The normalized spacial score (nSPS) is 19.4. The molecule has 0 saturated heterocycles. The monoisotopic (exact) mass is 281 g/mol. The molecule has 104 valence electrons. The molecular weight excluding hydrogens is 269 g/mol. The molecule has 0 amide bonds. The smallest absolute Gasteiger partial charge is 0.164 e. The van der Waals surface area contributed by atoms with Crippen LogP contribution >= 0.6 is 0 Å². The minimum absolute atomic E-state index is 0.183. The number of aliphatic imine (C=N–C) groups is 1. The number of amidine groups is 1. The predicted octanol–water partition coefficient (Wildman–Crippen LogP) is 3.01. The number of halogens is 1.